The van der Waals surface area contributed by atoms with Crippen LogP contribution in [0.5, 0.6) is 5.75 Å². The Morgan fingerprint density at radius 1 is 1.41 bits per heavy atom. The number of halogens is 1. The molecule has 1 aliphatic rings. The molecule has 1 N–H and O–H groups in total. The maximum Gasteiger partial charge on any atom is 0.243 e. The normalized spacial score (nSPS) is 20.4. The van der Waals surface area contributed by atoms with Gasteiger partial charge in [0.15, 0.2) is 0 Å². The Balaban J connectivity index is 0.00000116. The molecule has 1 fully saturated rings. The molecule has 0 saturated heterocycles. The third-order valence-electron chi connectivity index (χ3n) is 3.60. The first-order chi connectivity index (χ1) is 10.6. The second kappa shape index (κ2) is 9.23. The number of ether oxygens (including phenoxy) is 1. The largest absolute Gasteiger partial charge is 0.490 e. The van der Waals surface area contributed by atoms with Gasteiger partial charge in [-0.25, -0.2) is 4.39 Å². The van der Waals surface area contributed by atoms with Crippen LogP contribution >= 0.6 is 0 Å². The minimum absolute atomic E-state index is 0.0133. The number of aryl methyl sites for hydroxylation is 1. The van der Waals surface area contributed by atoms with Crippen LogP contribution in [0.25, 0.3) is 0 Å². The lowest BCUT2D eigenvalue weighted by molar-refractivity contribution is -0.117. The van der Waals surface area contributed by atoms with Gasteiger partial charge < -0.3 is 10.1 Å². The third kappa shape index (κ3) is 5.51. The van der Waals surface area contributed by atoms with Crippen LogP contribution in [0.1, 0.15) is 45.1 Å². The first-order valence-electron chi connectivity index (χ1n) is 7.94. The predicted octanol–water partition coefficient (Wildman–Crippen LogP) is 4.15. The summed E-state index contributed by atoms with van der Waals surface area (Å²) in [5, 5.41) is 2.90. The Labute approximate surface area is 132 Å². The van der Waals surface area contributed by atoms with E-state index in [1.54, 1.807) is 6.07 Å². The Morgan fingerprint density at radius 3 is 2.82 bits per heavy atom. The molecule has 0 radical (unpaired) electrons. The van der Waals surface area contributed by atoms with E-state index < -0.39 is 0 Å². The molecule has 0 spiro atoms. The highest BCUT2D eigenvalue weighted by atomic mass is 19.1. The SMILES string of the molecule is C=CC(=O)NC1CCCC(Oc2cc(F)ccc2C)C1.CC. The molecule has 0 bridgehead atoms. The van der Waals surface area contributed by atoms with E-state index in [9.17, 15) is 9.18 Å². The minimum atomic E-state index is -0.294. The van der Waals surface area contributed by atoms with Gasteiger partial charge in [-0.2, -0.15) is 0 Å². The molecule has 0 aliphatic heterocycles. The molecule has 2 atom stereocenters. The van der Waals surface area contributed by atoms with Crippen molar-refractivity contribution < 1.29 is 13.9 Å². The van der Waals surface area contributed by atoms with Crippen LogP contribution < -0.4 is 10.1 Å². The van der Waals surface area contributed by atoms with Gasteiger partial charge in [0.05, 0.1) is 0 Å². The molecule has 4 heteroatoms. The third-order valence-corrected chi connectivity index (χ3v) is 3.60. The summed E-state index contributed by atoms with van der Waals surface area (Å²) in [4.78, 5) is 11.3. The summed E-state index contributed by atoms with van der Waals surface area (Å²) < 4.78 is 19.1. The smallest absolute Gasteiger partial charge is 0.243 e. The van der Waals surface area contributed by atoms with Crippen molar-refractivity contribution >= 4 is 5.91 Å². The predicted molar refractivity (Wildman–Crippen MR) is 87.5 cm³/mol. The van der Waals surface area contributed by atoms with Crippen LogP contribution in [0, 0.1) is 12.7 Å². The molecule has 2 unspecified atom stereocenters. The van der Waals surface area contributed by atoms with Gasteiger partial charge in [-0.3, -0.25) is 4.79 Å². The van der Waals surface area contributed by atoms with Crippen LogP contribution in [-0.2, 0) is 4.79 Å². The van der Waals surface area contributed by atoms with Crippen LogP contribution in [0.2, 0.25) is 0 Å². The number of hydrogen-bond donors (Lipinski definition) is 1. The number of carbonyl (C=O) groups is 1. The standard InChI is InChI=1S/C16H20FNO2.C2H6/c1-3-16(19)18-13-5-4-6-14(10-13)20-15-9-12(17)8-7-11(15)2;1-2/h3,7-9,13-14H,1,4-6,10H2,2H3,(H,18,19);1-2H3. The summed E-state index contributed by atoms with van der Waals surface area (Å²) in [6.07, 6.45) is 4.90. The molecular weight excluding hydrogens is 281 g/mol. The molecule has 0 heterocycles. The van der Waals surface area contributed by atoms with Gasteiger partial charge in [-0.15, -0.1) is 0 Å². The number of rotatable bonds is 4. The molecule has 1 amide bonds. The van der Waals surface area contributed by atoms with Gasteiger partial charge in [-0.1, -0.05) is 26.5 Å². The average molecular weight is 307 g/mol. The first-order valence-corrected chi connectivity index (χ1v) is 7.94. The molecular formula is C18H26FNO2. The molecule has 1 aromatic carbocycles. The van der Waals surface area contributed by atoms with E-state index in [4.69, 9.17) is 4.74 Å². The molecule has 1 aromatic rings. The Kier molecular flexibility index (Phi) is 7.64. The minimum Gasteiger partial charge on any atom is -0.490 e. The van der Waals surface area contributed by atoms with Gasteiger partial charge >= 0.3 is 0 Å². The first kappa shape index (κ1) is 18.2. The molecule has 2 rings (SSSR count). The van der Waals surface area contributed by atoms with E-state index in [0.29, 0.717) is 5.75 Å². The highest BCUT2D eigenvalue weighted by molar-refractivity contribution is 5.87. The van der Waals surface area contributed by atoms with E-state index in [1.807, 2.05) is 20.8 Å². The molecule has 22 heavy (non-hydrogen) atoms. The second-order valence-electron chi connectivity index (χ2n) is 5.23. The maximum atomic E-state index is 13.2. The van der Waals surface area contributed by atoms with Crippen LogP contribution in [0.15, 0.2) is 30.9 Å². The molecule has 0 aromatic heterocycles. The summed E-state index contributed by atoms with van der Waals surface area (Å²) in [5.74, 6) is 0.140. The van der Waals surface area contributed by atoms with Crippen molar-refractivity contribution in [3.05, 3.63) is 42.2 Å². The fraction of sp³-hybridized carbons (Fsp3) is 0.500. The molecule has 1 saturated carbocycles. The number of carbonyl (C=O) groups excluding carboxylic acids is 1. The Hall–Kier alpha value is -1.84. The van der Waals surface area contributed by atoms with Gasteiger partial charge in [0.25, 0.3) is 0 Å². The van der Waals surface area contributed by atoms with Crippen molar-refractivity contribution in [3.63, 3.8) is 0 Å². The number of benzene rings is 1. The van der Waals surface area contributed by atoms with Gasteiger partial charge in [-0.05, 0) is 43.9 Å². The zero-order valence-corrected chi connectivity index (χ0v) is 13.7. The van der Waals surface area contributed by atoms with Crippen molar-refractivity contribution in [3.8, 4) is 5.75 Å². The van der Waals surface area contributed by atoms with Crippen molar-refractivity contribution in [2.24, 2.45) is 0 Å². The molecule has 1 aliphatic carbocycles. The zero-order chi connectivity index (χ0) is 16.5. The number of amides is 1. The topological polar surface area (TPSA) is 38.3 Å². The van der Waals surface area contributed by atoms with E-state index in [2.05, 4.69) is 11.9 Å². The highest BCUT2D eigenvalue weighted by Gasteiger charge is 2.24. The van der Waals surface area contributed by atoms with Crippen LogP contribution in [0.3, 0.4) is 0 Å². The average Bonchev–Trinajstić information content (AvgIpc) is 2.53. The van der Waals surface area contributed by atoms with E-state index in [0.717, 1.165) is 31.2 Å². The van der Waals surface area contributed by atoms with Gasteiger partial charge in [0.1, 0.15) is 17.7 Å². The maximum absolute atomic E-state index is 13.2. The molecule has 122 valence electrons. The van der Waals surface area contributed by atoms with Crippen LogP contribution in [0.4, 0.5) is 4.39 Å². The second-order valence-corrected chi connectivity index (χ2v) is 5.23. The lowest BCUT2D eigenvalue weighted by atomic mass is 9.92. The zero-order valence-electron chi connectivity index (χ0n) is 13.7. The van der Waals surface area contributed by atoms with E-state index >= 15 is 0 Å². The quantitative estimate of drug-likeness (QED) is 0.849. The summed E-state index contributed by atoms with van der Waals surface area (Å²) in [6.45, 7) is 9.35. The lowest BCUT2D eigenvalue weighted by Crippen LogP contribution is -2.40. The number of nitrogens with one attached hydrogen (secondary N) is 1. The lowest BCUT2D eigenvalue weighted by Gasteiger charge is -2.30. The van der Waals surface area contributed by atoms with Crippen LogP contribution in [-0.4, -0.2) is 18.1 Å². The Morgan fingerprint density at radius 2 is 2.14 bits per heavy atom. The van der Waals surface area contributed by atoms with E-state index in [-0.39, 0.29) is 23.9 Å². The highest BCUT2D eigenvalue weighted by Crippen LogP contribution is 2.26. The molecule has 3 nitrogen and oxygen atoms in total. The van der Waals surface area contributed by atoms with Crippen molar-refractivity contribution in [2.75, 3.05) is 0 Å². The fourth-order valence-electron chi connectivity index (χ4n) is 2.52. The van der Waals surface area contributed by atoms with Gasteiger partial charge in [0.2, 0.25) is 5.91 Å². The summed E-state index contributed by atoms with van der Waals surface area (Å²) in [5.41, 5.74) is 0.920. The number of hydrogen-bond acceptors (Lipinski definition) is 2. The monoisotopic (exact) mass is 307 g/mol. The van der Waals surface area contributed by atoms with Gasteiger partial charge in [0, 0.05) is 18.5 Å². The summed E-state index contributed by atoms with van der Waals surface area (Å²) >= 11 is 0. The van der Waals surface area contributed by atoms with Crippen molar-refractivity contribution in [1.82, 2.24) is 5.32 Å². The fourth-order valence-corrected chi connectivity index (χ4v) is 2.52. The Bertz CT molecular complexity index is 502. The summed E-state index contributed by atoms with van der Waals surface area (Å²) in [6, 6.07) is 4.66. The van der Waals surface area contributed by atoms with E-state index in [1.165, 1.54) is 18.2 Å². The van der Waals surface area contributed by atoms with Crippen molar-refractivity contribution in [2.45, 2.75) is 58.6 Å². The van der Waals surface area contributed by atoms with Crippen molar-refractivity contribution in [1.29, 1.82) is 0 Å². The summed E-state index contributed by atoms with van der Waals surface area (Å²) in [7, 11) is 0.